The molecule has 0 aliphatic carbocycles. The molecule has 0 atom stereocenters. The molecular weight excluding hydrogens is 230 g/mol. The number of thiazole rings is 1. The lowest BCUT2D eigenvalue weighted by molar-refractivity contribution is -0.137. The zero-order valence-electron chi connectivity index (χ0n) is 8.77. The van der Waals surface area contributed by atoms with Crippen molar-refractivity contribution in [3.8, 4) is 0 Å². The number of fused-ring (bicyclic) bond motifs is 1. The maximum absolute atomic E-state index is 11.7. The summed E-state index contributed by atoms with van der Waals surface area (Å²) in [6.07, 6.45) is 1.36. The molecule has 1 aliphatic heterocycles. The van der Waals surface area contributed by atoms with Gasteiger partial charge in [0.1, 0.15) is 0 Å². The second-order valence-corrected chi connectivity index (χ2v) is 4.74. The van der Waals surface area contributed by atoms with Gasteiger partial charge in [-0.15, -0.1) is 0 Å². The van der Waals surface area contributed by atoms with E-state index in [0.717, 1.165) is 17.0 Å². The molecule has 88 valence electrons. The third-order valence-electron chi connectivity index (χ3n) is 2.57. The summed E-state index contributed by atoms with van der Waals surface area (Å²) in [5.74, 6) is -0.819. The highest BCUT2D eigenvalue weighted by molar-refractivity contribution is 7.09. The van der Waals surface area contributed by atoms with E-state index in [1.807, 2.05) is 0 Å². The van der Waals surface area contributed by atoms with Gasteiger partial charge in [-0.1, -0.05) is 11.3 Å². The summed E-state index contributed by atoms with van der Waals surface area (Å²) >= 11 is 1.21. The summed E-state index contributed by atoms with van der Waals surface area (Å²) in [4.78, 5) is 23.1. The number of carboxylic acid groups (broad SMARTS) is 1. The van der Waals surface area contributed by atoms with Crippen molar-refractivity contribution in [2.24, 2.45) is 0 Å². The van der Waals surface area contributed by atoms with Crippen LogP contribution >= 0.6 is 11.3 Å². The quantitative estimate of drug-likeness (QED) is 0.851. The summed E-state index contributed by atoms with van der Waals surface area (Å²) in [6, 6.07) is 0. The van der Waals surface area contributed by atoms with Gasteiger partial charge >= 0.3 is 10.8 Å². The van der Waals surface area contributed by atoms with Gasteiger partial charge in [-0.25, -0.2) is 0 Å². The largest absolute Gasteiger partial charge is 0.481 e. The van der Waals surface area contributed by atoms with Crippen LogP contribution in [-0.4, -0.2) is 22.2 Å². The molecule has 16 heavy (non-hydrogen) atoms. The first kappa shape index (κ1) is 11.3. The molecule has 2 heterocycles. The zero-order valence-corrected chi connectivity index (χ0v) is 9.59. The third kappa shape index (κ3) is 2.33. The highest BCUT2D eigenvalue weighted by Crippen LogP contribution is 2.19. The normalized spacial score (nSPS) is 14.8. The number of carbonyl (C=O) groups is 1. The molecule has 5 nitrogen and oxygen atoms in total. The predicted molar refractivity (Wildman–Crippen MR) is 58.8 cm³/mol. The minimum Gasteiger partial charge on any atom is -0.481 e. The first-order valence-electron chi connectivity index (χ1n) is 5.19. The van der Waals surface area contributed by atoms with E-state index in [1.165, 1.54) is 11.3 Å². The monoisotopic (exact) mass is 243 g/mol. The van der Waals surface area contributed by atoms with Gasteiger partial charge in [0.05, 0.1) is 18.1 Å². The van der Waals surface area contributed by atoms with Crippen LogP contribution in [0.3, 0.4) is 0 Å². The van der Waals surface area contributed by atoms with E-state index >= 15 is 0 Å². The van der Waals surface area contributed by atoms with Crippen LogP contribution in [0.25, 0.3) is 0 Å². The molecule has 6 heteroatoms. The van der Waals surface area contributed by atoms with Crippen molar-refractivity contribution in [3.05, 3.63) is 20.2 Å². The smallest absolute Gasteiger partial charge is 0.307 e. The van der Waals surface area contributed by atoms with Gasteiger partial charge in [0.15, 0.2) is 0 Å². The maximum Gasteiger partial charge on any atom is 0.307 e. The van der Waals surface area contributed by atoms with E-state index in [1.54, 1.807) is 4.57 Å². The second kappa shape index (κ2) is 4.80. The van der Waals surface area contributed by atoms with Crippen LogP contribution in [0.4, 0.5) is 0 Å². The van der Waals surface area contributed by atoms with Crippen LogP contribution in [0.15, 0.2) is 4.79 Å². The Bertz CT molecular complexity index is 448. The molecule has 0 amide bonds. The number of aliphatic carboxylic acids is 1. The van der Waals surface area contributed by atoms with Crippen molar-refractivity contribution < 1.29 is 14.6 Å². The molecule has 0 fully saturated rings. The first-order valence-corrected chi connectivity index (χ1v) is 6.01. The van der Waals surface area contributed by atoms with E-state index in [-0.39, 0.29) is 11.3 Å². The van der Waals surface area contributed by atoms with Crippen LogP contribution in [0.5, 0.6) is 0 Å². The Hall–Kier alpha value is -1.14. The van der Waals surface area contributed by atoms with Crippen LogP contribution in [0.1, 0.15) is 23.4 Å². The molecule has 2 rings (SSSR count). The van der Waals surface area contributed by atoms with Gasteiger partial charge in [0, 0.05) is 25.1 Å². The molecule has 0 spiro atoms. The van der Waals surface area contributed by atoms with Crippen LogP contribution < -0.4 is 4.87 Å². The molecular formula is C10H13NO4S. The third-order valence-corrected chi connectivity index (χ3v) is 3.56. The molecule has 0 aromatic carbocycles. The van der Waals surface area contributed by atoms with E-state index in [0.29, 0.717) is 26.2 Å². The number of nitrogens with zero attached hydrogens (tertiary/aromatic N) is 1. The van der Waals surface area contributed by atoms with Crippen LogP contribution in [-0.2, 0) is 29.1 Å². The van der Waals surface area contributed by atoms with Crippen molar-refractivity contribution in [2.45, 2.75) is 32.4 Å². The number of rotatable bonds is 4. The summed E-state index contributed by atoms with van der Waals surface area (Å²) in [5, 5.41) is 8.55. The van der Waals surface area contributed by atoms with Gasteiger partial charge < -0.3 is 14.4 Å². The molecule has 0 saturated heterocycles. The lowest BCUT2D eigenvalue weighted by Crippen LogP contribution is -2.19. The maximum atomic E-state index is 11.7. The predicted octanol–water partition coefficient (Wildman–Crippen LogP) is 0.847. The Balaban J connectivity index is 2.11. The lowest BCUT2D eigenvalue weighted by Gasteiger charge is -2.14. The fraction of sp³-hybridized carbons (Fsp3) is 0.600. The Morgan fingerprint density at radius 2 is 2.38 bits per heavy atom. The molecule has 1 aromatic heterocycles. The molecule has 1 N–H and O–H groups in total. The summed E-state index contributed by atoms with van der Waals surface area (Å²) < 4.78 is 6.97. The highest BCUT2D eigenvalue weighted by atomic mass is 32.1. The number of ether oxygens (including phenoxy) is 1. The Morgan fingerprint density at radius 1 is 1.56 bits per heavy atom. The van der Waals surface area contributed by atoms with Gasteiger partial charge in [-0.2, -0.15) is 0 Å². The number of hydrogen-bond acceptors (Lipinski definition) is 4. The standard InChI is InChI=1S/C10H13NO4S/c12-9(13)2-1-4-11-7-3-5-15-6-8(7)16-10(11)14/h1-6H2,(H,12,13). The number of aromatic nitrogens is 1. The molecule has 1 aliphatic rings. The van der Waals surface area contributed by atoms with Gasteiger partial charge in [-0.3, -0.25) is 9.59 Å². The van der Waals surface area contributed by atoms with E-state index in [4.69, 9.17) is 9.84 Å². The van der Waals surface area contributed by atoms with Crippen molar-refractivity contribution in [2.75, 3.05) is 6.61 Å². The van der Waals surface area contributed by atoms with Gasteiger partial charge in [-0.05, 0) is 6.42 Å². The SMILES string of the molecule is O=C(O)CCCn1c2c(sc1=O)COCC2. The molecule has 0 radical (unpaired) electrons. The highest BCUT2D eigenvalue weighted by Gasteiger charge is 2.18. The van der Waals surface area contributed by atoms with Crippen molar-refractivity contribution in [1.29, 1.82) is 0 Å². The topological polar surface area (TPSA) is 68.5 Å². The average molecular weight is 243 g/mol. The van der Waals surface area contributed by atoms with Crippen LogP contribution in [0.2, 0.25) is 0 Å². The second-order valence-electron chi connectivity index (χ2n) is 3.69. The van der Waals surface area contributed by atoms with E-state index < -0.39 is 5.97 Å². The van der Waals surface area contributed by atoms with Gasteiger partial charge in [0.25, 0.3) is 0 Å². The average Bonchev–Trinajstić information content (AvgIpc) is 2.55. The minimum absolute atomic E-state index is 0.000823. The number of carboxylic acids is 1. The Morgan fingerprint density at radius 3 is 3.12 bits per heavy atom. The van der Waals surface area contributed by atoms with Crippen molar-refractivity contribution in [1.82, 2.24) is 4.57 Å². The Labute approximate surface area is 96.3 Å². The number of hydrogen-bond donors (Lipinski definition) is 1. The summed E-state index contributed by atoms with van der Waals surface area (Å²) in [5.41, 5.74) is 1.03. The first-order chi connectivity index (χ1) is 7.68. The fourth-order valence-electron chi connectivity index (χ4n) is 1.82. The molecule has 0 bridgehead atoms. The fourth-order valence-corrected chi connectivity index (χ4v) is 2.81. The van der Waals surface area contributed by atoms with Gasteiger partial charge in [0.2, 0.25) is 0 Å². The zero-order chi connectivity index (χ0) is 11.5. The Kier molecular flexibility index (Phi) is 3.40. The van der Waals surface area contributed by atoms with Crippen molar-refractivity contribution >= 4 is 17.3 Å². The van der Waals surface area contributed by atoms with E-state index in [2.05, 4.69) is 0 Å². The molecule has 1 aromatic rings. The molecule has 0 unspecified atom stereocenters. The van der Waals surface area contributed by atoms with Crippen molar-refractivity contribution in [3.63, 3.8) is 0 Å². The molecule has 0 saturated carbocycles. The van der Waals surface area contributed by atoms with Crippen LogP contribution in [0, 0.1) is 0 Å². The summed E-state index contributed by atoms with van der Waals surface area (Å²) in [6.45, 7) is 1.65. The minimum atomic E-state index is -0.819. The van der Waals surface area contributed by atoms with E-state index in [9.17, 15) is 9.59 Å². The lowest BCUT2D eigenvalue weighted by atomic mass is 10.2. The summed E-state index contributed by atoms with van der Waals surface area (Å²) in [7, 11) is 0.